The van der Waals surface area contributed by atoms with E-state index in [0.717, 1.165) is 24.5 Å². The molecule has 4 heteroatoms. The Bertz CT molecular complexity index is 403. The predicted octanol–water partition coefficient (Wildman–Crippen LogP) is 2.08. The second kappa shape index (κ2) is 5.13. The van der Waals surface area contributed by atoms with Gasteiger partial charge in [0.2, 0.25) is 0 Å². The lowest BCUT2D eigenvalue weighted by Gasteiger charge is -2.23. The minimum Gasteiger partial charge on any atom is -0.399 e. The molecule has 1 fully saturated rings. The highest BCUT2D eigenvalue weighted by molar-refractivity contribution is 7.99. The van der Waals surface area contributed by atoms with Gasteiger partial charge < -0.3 is 10.6 Å². The molecule has 1 aliphatic rings. The Hall–Kier alpha value is -1.34. The fraction of sp³-hybridized carbons (Fsp3) is 0.417. The van der Waals surface area contributed by atoms with Gasteiger partial charge in [-0.1, -0.05) is 0 Å². The number of nitrogens with zero attached hydrogens (tertiary/aromatic N) is 2. The molecule has 2 rings (SSSR count). The Morgan fingerprint density at radius 3 is 3.00 bits per heavy atom. The highest BCUT2D eigenvalue weighted by Crippen LogP contribution is 2.24. The number of benzene rings is 1. The van der Waals surface area contributed by atoms with Crippen LogP contribution in [0.15, 0.2) is 18.2 Å². The van der Waals surface area contributed by atoms with E-state index in [1.807, 2.05) is 23.9 Å². The molecule has 1 aromatic carbocycles. The van der Waals surface area contributed by atoms with Crippen LogP contribution in [0.5, 0.6) is 0 Å². The molecule has 0 unspecified atom stereocenters. The summed E-state index contributed by atoms with van der Waals surface area (Å²) in [6.07, 6.45) is 1.18. The zero-order valence-electron chi connectivity index (χ0n) is 9.15. The van der Waals surface area contributed by atoms with Crippen LogP contribution >= 0.6 is 11.8 Å². The summed E-state index contributed by atoms with van der Waals surface area (Å²) >= 11 is 1.98. The van der Waals surface area contributed by atoms with E-state index in [1.165, 1.54) is 12.2 Å². The summed E-state index contributed by atoms with van der Waals surface area (Å²) in [6, 6.07) is 7.81. The topological polar surface area (TPSA) is 53.1 Å². The summed E-state index contributed by atoms with van der Waals surface area (Å²) in [7, 11) is 0. The Morgan fingerprint density at radius 2 is 2.19 bits per heavy atom. The quantitative estimate of drug-likeness (QED) is 0.755. The molecule has 0 spiro atoms. The molecule has 84 valence electrons. The third-order valence-corrected chi connectivity index (χ3v) is 3.75. The van der Waals surface area contributed by atoms with E-state index in [-0.39, 0.29) is 0 Å². The van der Waals surface area contributed by atoms with Gasteiger partial charge in [0, 0.05) is 24.5 Å². The molecular formula is C12H15N3S. The van der Waals surface area contributed by atoms with Gasteiger partial charge >= 0.3 is 0 Å². The van der Waals surface area contributed by atoms with Gasteiger partial charge in [-0.25, -0.2) is 0 Å². The van der Waals surface area contributed by atoms with Crippen molar-refractivity contribution in [1.82, 2.24) is 0 Å². The van der Waals surface area contributed by atoms with Gasteiger partial charge in [-0.05, 0) is 30.4 Å². The second-order valence-electron chi connectivity index (χ2n) is 3.84. The van der Waals surface area contributed by atoms with Crippen LogP contribution in [0.3, 0.4) is 0 Å². The van der Waals surface area contributed by atoms with Crippen molar-refractivity contribution in [3.63, 3.8) is 0 Å². The molecule has 0 atom stereocenters. The van der Waals surface area contributed by atoms with Crippen LogP contribution in [0.4, 0.5) is 11.4 Å². The lowest BCUT2D eigenvalue weighted by molar-refractivity contribution is 0.815. The zero-order chi connectivity index (χ0) is 11.4. The van der Waals surface area contributed by atoms with E-state index < -0.39 is 0 Å². The summed E-state index contributed by atoms with van der Waals surface area (Å²) < 4.78 is 0. The van der Waals surface area contributed by atoms with Crippen molar-refractivity contribution in [3.8, 4) is 6.07 Å². The Kier molecular flexibility index (Phi) is 3.58. The molecular weight excluding hydrogens is 218 g/mol. The summed E-state index contributed by atoms with van der Waals surface area (Å²) in [4.78, 5) is 2.29. The van der Waals surface area contributed by atoms with Gasteiger partial charge in [0.1, 0.15) is 6.07 Å². The van der Waals surface area contributed by atoms with Crippen LogP contribution in [0.2, 0.25) is 0 Å². The number of nitrogen functional groups attached to an aromatic ring is 1. The van der Waals surface area contributed by atoms with E-state index in [9.17, 15) is 0 Å². The van der Waals surface area contributed by atoms with Crippen LogP contribution in [0, 0.1) is 11.3 Å². The maximum Gasteiger partial charge on any atom is 0.101 e. The van der Waals surface area contributed by atoms with E-state index in [2.05, 4.69) is 11.0 Å². The normalized spacial score (nSPS) is 16.6. The Morgan fingerprint density at radius 1 is 1.31 bits per heavy atom. The molecule has 1 heterocycles. The van der Waals surface area contributed by atoms with E-state index in [4.69, 9.17) is 11.0 Å². The van der Waals surface area contributed by atoms with Crippen molar-refractivity contribution in [3.05, 3.63) is 23.8 Å². The van der Waals surface area contributed by atoms with Gasteiger partial charge in [0.15, 0.2) is 0 Å². The number of rotatable bonds is 1. The summed E-state index contributed by atoms with van der Waals surface area (Å²) in [5, 5.41) is 9.11. The van der Waals surface area contributed by atoms with Crippen LogP contribution in [0.25, 0.3) is 0 Å². The predicted molar refractivity (Wildman–Crippen MR) is 69.7 cm³/mol. The largest absolute Gasteiger partial charge is 0.399 e. The molecule has 1 saturated heterocycles. The molecule has 0 aromatic heterocycles. The molecule has 16 heavy (non-hydrogen) atoms. The molecule has 0 aliphatic carbocycles. The van der Waals surface area contributed by atoms with Crippen LogP contribution in [-0.2, 0) is 0 Å². The monoisotopic (exact) mass is 233 g/mol. The summed E-state index contributed by atoms with van der Waals surface area (Å²) in [5.41, 5.74) is 8.06. The SMILES string of the molecule is N#Cc1cc(N)ccc1N1CCCSCC1. The van der Waals surface area contributed by atoms with Gasteiger partial charge in [-0.3, -0.25) is 0 Å². The minimum atomic E-state index is 0.657. The van der Waals surface area contributed by atoms with Crippen molar-refractivity contribution in [1.29, 1.82) is 5.26 Å². The Labute approximate surface area is 100 Å². The molecule has 1 aromatic rings. The second-order valence-corrected chi connectivity index (χ2v) is 5.07. The molecule has 1 aliphatic heterocycles. The van der Waals surface area contributed by atoms with E-state index in [1.54, 1.807) is 6.07 Å². The smallest absolute Gasteiger partial charge is 0.101 e. The average Bonchev–Trinajstić information content (AvgIpc) is 2.57. The number of nitriles is 1. The third-order valence-electron chi connectivity index (χ3n) is 2.70. The highest BCUT2D eigenvalue weighted by Gasteiger charge is 2.13. The number of nitrogens with two attached hydrogens (primary N) is 1. The van der Waals surface area contributed by atoms with Gasteiger partial charge in [0.05, 0.1) is 11.3 Å². The van der Waals surface area contributed by atoms with Crippen molar-refractivity contribution in [2.45, 2.75) is 6.42 Å². The molecule has 0 radical (unpaired) electrons. The summed E-state index contributed by atoms with van der Waals surface area (Å²) in [5.74, 6) is 2.35. The van der Waals surface area contributed by atoms with E-state index >= 15 is 0 Å². The lowest BCUT2D eigenvalue weighted by Crippen LogP contribution is -2.26. The first-order valence-electron chi connectivity index (χ1n) is 5.43. The van der Waals surface area contributed by atoms with Crippen molar-refractivity contribution >= 4 is 23.1 Å². The van der Waals surface area contributed by atoms with Gasteiger partial charge in [-0.2, -0.15) is 17.0 Å². The maximum atomic E-state index is 9.11. The molecule has 2 N–H and O–H groups in total. The molecule has 3 nitrogen and oxygen atoms in total. The number of hydrogen-bond acceptors (Lipinski definition) is 4. The fourth-order valence-corrected chi connectivity index (χ4v) is 2.79. The van der Waals surface area contributed by atoms with Crippen LogP contribution in [-0.4, -0.2) is 24.6 Å². The van der Waals surface area contributed by atoms with Crippen molar-refractivity contribution in [2.24, 2.45) is 0 Å². The first kappa shape index (κ1) is 11.2. The lowest BCUT2D eigenvalue weighted by atomic mass is 10.1. The van der Waals surface area contributed by atoms with Gasteiger partial charge in [0.25, 0.3) is 0 Å². The van der Waals surface area contributed by atoms with E-state index in [0.29, 0.717) is 11.3 Å². The first-order valence-corrected chi connectivity index (χ1v) is 6.59. The van der Waals surface area contributed by atoms with Gasteiger partial charge in [-0.15, -0.1) is 0 Å². The summed E-state index contributed by atoms with van der Waals surface area (Å²) in [6.45, 7) is 2.05. The molecule has 0 amide bonds. The number of hydrogen-bond donors (Lipinski definition) is 1. The third kappa shape index (κ3) is 2.42. The average molecular weight is 233 g/mol. The van der Waals surface area contributed by atoms with Crippen LogP contribution in [0.1, 0.15) is 12.0 Å². The maximum absolute atomic E-state index is 9.11. The standard InChI is InChI=1S/C12H15N3S/c13-9-10-8-11(14)2-3-12(10)15-4-1-6-16-7-5-15/h2-3,8H,1,4-7,14H2. The first-order chi connectivity index (χ1) is 7.81. The Balaban J connectivity index is 2.28. The molecule has 0 saturated carbocycles. The minimum absolute atomic E-state index is 0.657. The zero-order valence-corrected chi connectivity index (χ0v) is 9.96. The van der Waals surface area contributed by atoms with Crippen molar-refractivity contribution in [2.75, 3.05) is 35.2 Å². The fourth-order valence-electron chi connectivity index (χ4n) is 1.91. The number of thioether (sulfide) groups is 1. The van der Waals surface area contributed by atoms with Crippen LogP contribution < -0.4 is 10.6 Å². The highest BCUT2D eigenvalue weighted by atomic mass is 32.2. The van der Waals surface area contributed by atoms with Crippen molar-refractivity contribution < 1.29 is 0 Å². The number of anilines is 2. The molecule has 0 bridgehead atoms.